The van der Waals surface area contributed by atoms with Crippen molar-refractivity contribution in [2.24, 2.45) is 5.92 Å². The van der Waals surface area contributed by atoms with E-state index in [-0.39, 0.29) is 18.3 Å². The molecule has 2 saturated heterocycles. The number of carboxylic acid groups (broad SMARTS) is 1. The van der Waals surface area contributed by atoms with Crippen LogP contribution in [-0.2, 0) is 23.1 Å². The van der Waals surface area contributed by atoms with E-state index in [4.69, 9.17) is 19.5 Å². The number of hydrogen-bond donors (Lipinski definition) is 4. The Balaban J connectivity index is 1.88. The second-order valence-corrected chi connectivity index (χ2v) is 10.3. The first kappa shape index (κ1) is 24.8. The summed E-state index contributed by atoms with van der Waals surface area (Å²) in [6, 6.07) is 1.38. The number of nitrogen functional groups attached to an aromatic ring is 1. The minimum Gasteiger partial charge on any atom is -0.480 e. The van der Waals surface area contributed by atoms with Crippen molar-refractivity contribution in [1.29, 1.82) is 0 Å². The van der Waals surface area contributed by atoms with E-state index in [9.17, 15) is 24.4 Å². The molecule has 12 nitrogen and oxygen atoms in total. The molecule has 0 aliphatic carbocycles. The van der Waals surface area contributed by atoms with E-state index in [1.54, 1.807) is 0 Å². The Morgan fingerprint density at radius 2 is 2.22 bits per heavy atom. The van der Waals surface area contributed by atoms with Gasteiger partial charge in [0.15, 0.2) is 6.23 Å². The van der Waals surface area contributed by atoms with Gasteiger partial charge in [-0.3, -0.25) is 18.4 Å². The molecule has 3 rings (SSSR count). The third kappa shape index (κ3) is 4.35. The van der Waals surface area contributed by atoms with Crippen LogP contribution in [0.5, 0.6) is 0 Å². The summed E-state index contributed by atoms with van der Waals surface area (Å²) in [4.78, 5) is 28.0. The number of rotatable bonds is 8. The lowest BCUT2D eigenvalue weighted by atomic mass is 9.81. The van der Waals surface area contributed by atoms with Crippen molar-refractivity contribution < 1.29 is 33.4 Å². The fraction of sp³-hybridized carbons (Fsp3) is 0.737. The average molecular weight is 474 g/mol. The van der Waals surface area contributed by atoms with Gasteiger partial charge in [-0.1, -0.05) is 26.7 Å². The molecule has 1 aromatic heterocycles. The number of ether oxygens (including phenoxy) is 1. The van der Waals surface area contributed by atoms with Gasteiger partial charge in [0.2, 0.25) is 0 Å². The quantitative estimate of drug-likeness (QED) is 0.399. The van der Waals surface area contributed by atoms with Gasteiger partial charge in [-0.2, -0.15) is 4.98 Å². The molecule has 2 unspecified atom stereocenters. The highest BCUT2D eigenvalue weighted by Gasteiger charge is 2.61. The molecule has 0 amide bonds. The minimum atomic E-state index is -4.16. The molecule has 0 saturated carbocycles. The van der Waals surface area contributed by atoms with E-state index >= 15 is 0 Å². The van der Waals surface area contributed by atoms with E-state index < -0.39 is 49.0 Å². The van der Waals surface area contributed by atoms with Gasteiger partial charge in [-0.25, -0.2) is 14.4 Å². The van der Waals surface area contributed by atoms with Gasteiger partial charge in [0.05, 0.1) is 6.61 Å². The third-order valence-electron chi connectivity index (χ3n) is 6.24. The summed E-state index contributed by atoms with van der Waals surface area (Å²) in [7, 11) is -4.16. The maximum atomic E-state index is 13.5. The van der Waals surface area contributed by atoms with Crippen LogP contribution >= 0.6 is 7.75 Å². The number of anilines is 1. The molecular formula is C19H31N4O8P. The van der Waals surface area contributed by atoms with Crippen LogP contribution < -0.4 is 16.5 Å². The number of fused-ring (bicyclic) bond motifs is 1. The molecule has 0 spiro atoms. The predicted molar refractivity (Wildman–Crippen MR) is 114 cm³/mol. The summed E-state index contributed by atoms with van der Waals surface area (Å²) in [6.07, 6.45) is -0.0142. The first-order chi connectivity index (χ1) is 14.9. The Morgan fingerprint density at radius 3 is 2.78 bits per heavy atom. The largest absolute Gasteiger partial charge is 0.480 e. The van der Waals surface area contributed by atoms with E-state index in [0.717, 1.165) is 11.0 Å². The Morgan fingerprint density at radius 1 is 1.53 bits per heavy atom. The van der Waals surface area contributed by atoms with E-state index in [1.807, 2.05) is 13.8 Å². The van der Waals surface area contributed by atoms with Crippen LogP contribution in [0.25, 0.3) is 0 Å². The number of carbonyl (C=O) groups is 1. The summed E-state index contributed by atoms with van der Waals surface area (Å²) in [5, 5.41) is 23.7. The van der Waals surface area contributed by atoms with Gasteiger partial charge < -0.3 is 20.7 Å². The van der Waals surface area contributed by atoms with E-state index in [2.05, 4.69) is 10.1 Å². The van der Waals surface area contributed by atoms with Gasteiger partial charge in [-0.05, 0) is 32.3 Å². The van der Waals surface area contributed by atoms with Crippen LogP contribution in [0.3, 0.4) is 0 Å². The first-order valence-electron chi connectivity index (χ1n) is 10.6. The van der Waals surface area contributed by atoms with Gasteiger partial charge >= 0.3 is 19.4 Å². The molecule has 0 radical (unpaired) electrons. The van der Waals surface area contributed by atoms with Crippen molar-refractivity contribution in [1.82, 2.24) is 14.6 Å². The first-order valence-corrected chi connectivity index (χ1v) is 12.1. The van der Waals surface area contributed by atoms with Crippen LogP contribution in [0, 0.1) is 5.92 Å². The van der Waals surface area contributed by atoms with Crippen LogP contribution in [0.4, 0.5) is 5.82 Å². The van der Waals surface area contributed by atoms with Gasteiger partial charge in [0, 0.05) is 6.20 Å². The SMILES string of the molecule is CCCC(CC)[C@@](C)(NP1(=O)OC[C@H]2O[C@@H](n3ccc(N)nc3=O)[C@](C)(O)[C@@H]2O1)C(=O)O. The van der Waals surface area contributed by atoms with Crippen LogP contribution in [0.15, 0.2) is 17.1 Å². The lowest BCUT2D eigenvalue weighted by Gasteiger charge is -2.41. The molecule has 3 heterocycles. The van der Waals surface area contributed by atoms with Crippen LogP contribution in [0.2, 0.25) is 0 Å². The highest BCUT2D eigenvalue weighted by molar-refractivity contribution is 7.51. The number of hydrogen-bond acceptors (Lipinski definition) is 9. The second kappa shape index (κ2) is 8.85. The molecule has 2 fully saturated rings. The minimum absolute atomic E-state index is 0.0140. The normalized spacial score (nSPS) is 35.1. The number of nitrogens with zero attached hydrogens (tertiary/aromatic N) is 2. The Hall–Kier alpha value is -1.82. The Bertz CT molecular complexity index is 969. The average Bonchev–Trinajstić information content (AvgIpc) is 2.95. The molecule has 32 heavy (non-hydrogen) atoms. The number of aromatic nitrogens is 2. The number of nitrogens with two attached hydrogens (primary N) is 1. The molecule has 13 heteroatoms. The van der Waals surface area contributed by atoms with Gasteiger partial charge in [-0.15, -0.1) is 0 Å². The van der Waals surface area contributed by atoms with Gasteiger partial charge in [0.25, 0.3) is 0 Å². The standard InChI is InChI=1S/C19H31N4O8P/c1-5-7-11(6-2)18(3,16(24)25)22-32(28)29-10-12-14(31-32)19(4,27)15(30-12)23-9-8-13(20)21-17(23)26/h8-9,11-12,14-15,27H,5-7,10H2,1-4H3,(H,22,28)(H,24,25)(H2,20,21,26)/t11?,12-,14-,15-,18-,19-,32?/m1/s1. The zero-order valence-electron chi connectivity index (χ0n) is 18.6. The zero-order valence-corrected chi connectivity index (χ0v) is 19.4. The van der Waals surface area contributed by atoms with Gasteiger partial charge in [0.1, 0.15) is 29.2 Å². The summed E-state index contributed by atoms with van der Waals surface area (Å²) in [5.74, 6) is -1.51. The summed E-state index contributed by atoms with van der Waals surface area (Å²) in [5.41, 5.74) is 1.39. The van der Waals surface area contributed by atoms with E-state index in [1.165, 1.54) is 26.1 Å². The van der Waals surface area contributed by atoms with Crippen molar-refractivity contribution in [3.8, 4) is 0 Å². The lowest BCUT2D eigenvalue weighted by molar-refractivity contribution is -0.146. The zero-order chi connectivity index (χ0) is 23.9. The molecule has 5 N–H and O–H groups in total. The van der Waals surface area contributed by atoms with Crippen molar-refractivity contribution in [3.63, 3.8) is 0 Å². The summed E-state index contributed by atoms with van der Waals surface area (Å²) < 4.78 is 31.4. The molecule has 0 bridgehead atoms. The molecule has 7 atom stereocenters. The summed E-state index contributed by atoms with van der Waals surface area (Å²) >= 11 is 0. The highest BCUT2D eigenvalue weighted by atomic mass is 31.2. The maximum Gasteiger partial charge on any atom is 0.407 e. The van der Waals surface area contributed by atoms with Crippen molar-refractivity contribution in [2.75, 3.05) is 12.3 Å². The van der Waals surface area contributed by atoms with Crippen LogP contribution in [-0.4, -0.2) is 55.7 Å². The number of carboxylic acids is 1. The molecule has 2 aliphatic rings. The maximum absolute atomic E-state index is 13.5. The fourth-order valence-electron chi connectivity index (χ4n) is 4.40. The Kier molecular flexibility index (Phi) is 6.86. The van der Waals surface area contributed by atoms with Crippen LogP contribution in [0.1, 0.15) is 53.2 Å². The molecule has 2 aliphatic heterocycles. The number of aliphatic hydroxyl groups is 1. The smallest absolute Gasteiger partial charge is 0.407 e. The number of nitrogens with one attached hydrogen (secondary N) is 1. The molecule has 1 aromatic rings. The monoisotopic (exact) mass is 474 g/mol. The van der Waals surface area contributed by atoms with Crippen molar-refractivity contribution in [3.05, 3.63) is 22.7 Å². The molecule has 180 valence electrons. The third-order valence-corrected chi connectivity index (χ3v) is 7.97. The molecule has 0 aromatic carbocycles. The lowest BCUT2D eigenvalue weighted by Crippen LogP contribution is -2.56. The fourth-order valence-corrected chi connectivity index (χ4v) is 6.42. The predicted octanol–water partition coefficient (Wildman–Crippen LogP) is 1.26. The van der Waals surface area contributed by atoms with E-state index in [0.29, 0.717) is 12.8 Å². The van der Waals surface area contributed by atoms with Crippen molar-refractivity contribution >= 4 is 19.5 Å². The second-order valence-electron chi connectivity index (χ2n) is 8.63. The Labute approximate surface area is 185 Å². The number of aliphatic carboxylic acids is 1. The highest BCUT2D eigenvalue weighted by Crippen LogP contribution is 2.57. The van der Waals surface area contributed by atoms with Crippen molar-refractivity contribution in [2.45, 2.75) is 76.5 Å². The summed E-state index contributed by atoms with van der Waals surface area (Å²) in [6.45, 7) is 6.38. The topological polar surface area (TPSA) is 175 Å². The molecular weight excluding hydrogens is 443 g/mol.